The second-order valence-electron chi connectivity index (χ2n) is 10.1. The van der Waals surface area contributed by atoms with Crippen LogP contribution in [0.5, 0.6) is 0 Å². The number of rotatable bonds is 9. The van der Waals surface area contributed by atoms with Gasteiger partial charge in [-0.15, -0.1) is 0 Å². The molecule has 0 saturated carbocycles. The minimum Gasteiger partial charge on any atom is -0.352 e. The number of carbonyl (C=O) groups is 1. The molecule has 0 aliphatic carbocycles. The van der Waals surface area contributed by atoms with Gasteiger partial charge in [-0.3, -0.25) is 9.78 Å². The summed E-state index contributed by atoms with van der Waals surface area (Å²) in [4.78, 5) is 29.1. The highest BCUT2D eigenvalue weighted by atomic mass is 79.9. The number of pyridine rings is 1. The fourth-order valence-electron chi connectivity index (χ4n) is 4.97. The number of aryl methyl sites for hydroxylation is 2. The first kappa shape index (κ1) is 29.1. The Balaban J connectivity index is 1.42. The Bertz CT molecular complexity index is 1630. The second-order valence-corrected chi connectivity index (χ2v) is 12.8. The number of carbonyl (C=O) groups excluding carboxylic acids is 1. The zero-order valence-electron chi connectivity index (χ0n) is 23.1. The van der Waals surface area contributed by atoms with Crippen LogP contribution >= 0.6 is 15.9 Å². The zero-order valence-corrected chi connectivity index (χ0v) is 25.5. The Morgan fingerprint density at radius 1 is 0.976 bits per heavy atom. The van der Waals surface area contributed by atoms with Crippen molar-refractivity contribution in [3.8, 4) is 0 Å². The average Bonchev–Trinajstić information content (AvgIpc) is 3.00. The average molecular weight is 638 g/mol. The van der Waals surface area contributed by atoms with Crippen LogP contribution in [0.25, 0.3) is 11.0 Å². The lowest BCUT2D eigenvalue weighted by Crippen LogP contribution is -2.60. The molecule has 1 N–H and O–H groups in total. The molecule has 0 spiro atoms. The number of hydrogen-bond acceptors (Lipinski definition) is 7. The number of sulfonamides is 1. The minimum absolute atomic E-state index is 0.124. The highest BCUT2D eigenvalue weighted by Gasteiger charge is 2.40. The van der Waals surface area contributed by atoms with Crippen LogP contribution in [-0.4, -0.2) is 59.3 Å². The molecule has 2 aromatic heterocycles. The van der Waals surface area contributed by atoms with Crippen molar-refractivity contribution in [1.82, 2.24) is 24.6 Å². The van der Waals surface area contributed by atoms with Gasteiger partial charge in [0.25, 0.3) is 0 Å². The van der Waals surface area contributed by atoms with Gasteiger partial charge in [-0.05, 0) is 57.6 Å². The molecule has 0 radical (unpaired) electrons. The molecule has 1 aliphatic heterocycles. The number of nitrogens with zero attached hydrogens (tertiary/aromatic N) is 5. The summed E-state index contributed by atoms with van der Waals surface area (Å²) in [6.07, 6.45) is 7.80. The van der Waals surface area contributed by atoms with Crippen molar-refractivity contribution < 1.29 is 13.2 Å². The Kier molecular flexibility index (Phi) is 8.96. The second kappa shape index (κ2) is 12.6. The predicted octanol–water partition coefficient (Wildman–Crippen LogP) is 4.50. The standard InChI is InChI=1S/C30H33BrN6O3S/c1-3-5-22-6-8-23(9-7-22)16-34-30(38)27-20-36(28-19-33-26-18-32-17-25(31)29(26)35-28)14-15-37(27)41(39,40)24-12-10-21(4-2)11-13-24/h6-13,17-19,27H,3-5,14-16,20H2,1-2H3,(H,34,38)/t27-/m1/s1. The maximum Gasteiger partial charge on any atom is 0.243 e. The molecule has 0 unspecified atom stereocenters. The van der Waals surface area contributed by atoms with E-state index in [-0.39, 0.29) is 23.9 Å². The number of nitrogens with one attached hydrogen (secondary N) is 1. The largest absolute Gasteiger partial charge is 0.352 e. The van der Waals surface area contributed by atoms with Crippen molar-refractivity contribution in [2.24, 2.45) is 0 Å². The van der Waals surface area contributed by atoms with Gasteiger partial charge in [-0.2, -0.15) is 4.31 Å². The van der Waals surface area contributed by atoms with Gasteiger partial charge >= 0.3 is 0 Å². The maximum atomic E-state index is 13.8. The fraction of sp³-hybridized carbons (Fsp3) is 0.333. The van der Waals surface area contributed by atoms with Gasteiger partial charge in [0.2, 0.25) is 15.9 Å². The number of benzene rings is 2. The quantitative estimate of drug-likeness (QED) is 0.288. The van der Waals surface area contributed by atoms with Gasteiger partial charge in [0.1, 0.15) is 22.9 Å². The zero-order chi connectivity index (χ0) is 29.0. The van der Waals surface area contributed by atoms with Gasteiger partial charge < -0.3 is 10.2 Å². The maximum absolute atomic E-state index is 13.8. The van der Waals surface area contributed by atoms with E-state index in [1.165, 1.54) is 9.87 Å². The molecule has 2 aromatic carbocycles. The summed E-state index contributed by atoms with van der Waals surface area (Å²) < 4.78 is 29.7. The van der Waals surface area contributed by atoms with E-state index in [0.717, 1.165) is 30.4 Å². The summed E-state index contributed by atoms with van der Waals surface area (Å²) in [6.45, 7) is 5.08. The van der Waals surface area contributed by atoms with E-state index >= 15 is 0 Å². The molecule has 4 aromatic rings. The Morgan fingerprint density at radius 2 is 1.68 bits per heavy atom. The van der Waals surface area contributed by atoms with Gasteiger partial charge in [-0.25, -0.2) is 18.4 Å². The Hall–Kier alpha value is -3.41. The van der Waals surface area contributed by atoms with E-state index in [0.29, 0.717) is 34.4 Å². The third-order valence-corrected chi connectivity index (χ3v) is 9.83. The Labute approximate surface area is 249 Å². The van der Waals surface area contributed by atoms with Gasteiger partial charge in [-0.1, -0.05) is 56.7 Å². The molecule has 1 amide bonds. The van der Waals surface area contributed by atoms with Crippen LogP contribution in [0.1, 0.15) is 37.0 Å². The van der Waals surface area contributed by atoms with E-state index in [4.69, 9.17) is 4.98 Å². The number of piperazine rings is 1. The predicted molar refractivity (Wildman–Crippen MR) is 163 cm³/mol. The number of aromatic nitrogens is 3. The van der Waals surface area contributed by atoms with E-state index in [1.54, 1.807) is 30.7 Å². The molecule has 1 saturated heterocycles. The molecule has 3 heterocycles. The molecule has 214 valence electrons. The van der Waals surface area contributed by atoms with Crippen LogP contribution in [0.15, 0.2) is 76.5 Å². The van der Waals surface area contributed by atoms with Gasteiger partial charge in [0.05, 0.1) is 21.8 Å². The molecule has 1 aliphatic rings. The van der Waals surface area contributed by atoms with Gasteiger partial charge in [0, 0.05) is 32.4 Å². The molecular weight excluding hydrogens is 604 g/mol. The third-order valence-electron chi connectivity index (χ3n) is 7.32. The highest BCUT2D eigenvalue weighted by molar-refractivity contribution is 9.10. The van der Waals surface area contributed by atoms with Crippen molar-refractivity contribution in [3.63, 3.8) is 0 Å². The summed E-state index contributed by atoms with van der Waals surface area (Å²) in [7, 11) is -3.93. The van der Waals surface area contributed by atoms with Crippen LogP contribution in [0.3, 0.4) is 0 Å². The number of amides is 1. The molecule has 11 heteroatoms. The van der Waals surface area contributed by atoms with Crippen molar-refractivity contribution in [2.45, 2.75) is 50.6 Å². The highest BCUT2D eigenvalue weighted by Crippen LogP contribution is 2.27. The number of halogens is 1. The molecule has 5 rings (SSSR count). The molecule has 1 atom stereocenters. The first-order valence-corrected chi connectivity index (χ1v) is 16.0. The summed E-state index contributed by atoms with van der Waals surface area (Å²) in [5, 5.41) is 2.98. The summed E-state index contributed by atoms with van der Waals surface area (Å²) in [5.41, 5.74) is 4.53. The fourth-order valence-corrected chi connectivity index (χ4v) is 6.95. The normalized spacial score (nSPS) is 16.2. The topological polar surface area (TPSA) is 108 Å². The lowest BCUT2D eigenvalue weighted by molar-refractivity contribution is -0.125. The smallest absolute Gasteiger partial charge is 0.243 e. The van der Waals surface area contributed by atoms with Crippen molar-refractivity contribution in [2.75, 3.05) is 24.5 Å². The minimum atomic E-state index is -3.93. The lowest BCUT2D eigenvalue weighted by Gasteiger charge is -2.40. The van der Waals surface area contributed by atoms with E-state index in [9.17, 15) is 13.2 Å². The summed E-state index contributed by atoms with van der Waals surface area (Å²) in [6, 6.07) is 14.0. The Morgan fingerprint density at radius 3 is 2.39 bits per heavy atom. The molecular formula is C30H33BrN6O3S. The van der Waals surface area contributed by atoms with Crippen molar-refractivity contribution >= 4 is 48.7 Å². The number of hydrogen-bond donors (Lipinski definition) is 1. The summed E-state index contributed by atoms with van der Waals surface area (Å²) in [5.74, 6) is 0.207. The molecule has 1 fully saturated rings. The lowest BCUT2D eigenvalue weighted by atomic mass is 10.1. The number of fused-ring (bicyclic) bond motifs is 1. The van der Waals surface area contributed by atoms with Crippen LogP contribution in [-0.2, 0) is 34.2 Å². The first-order valence-electron chi connectivity index (χ1n) is 13.8. The summed E-state index contributed by atoms with van der Waals surface area (Å²) >= 11 is 3.48. The number of anilines is 1. The van der Waals surface area contributed by atoms with Crippen LogP contribution in [0.2, 0.25) is 0 Å². The monoisotopic (exact) mass is 636 g/mol. The SMILES string of the molecule is CCCc1ccc(CNC(=O)[C@H]2CN(c3cnc4cncc(Br)c4n3)CCN2S(=O)(=O)c2ccc(CC)cc2)cc1. The molecule has 9 nitrogen and oxygen atoms in total. The van der Waals surface area contributed by atoms with E-state index in [1.807, 2.05) is 36.1 Å². The molecule has 41 heavy (non-hydrogen) atoms. The first-order chi connectivity index (χ1) is 19.8. The molecule has 0 bridgehead atoms. The van der Waals surface area contributed by atoms with Crippen LogP contribution in [0, 0.1) is 0 Å². The van der Waals surface area contributed by atoms with E-state index in [2.05, 4.69) is 50.3 Å². The van der Waals surface area contributed by atoms with Crippen LogP contribution < -0.4 is 10.2 Å². The van der Waals surface area contributed by atoms with E-state index < -0.39 is 16.1 Å². The van der Waals surface area contributed by atoms with Crippen molar-refractivity contribution in [1.29, 1.82) is 0 Å². The van der Waals surface area contributed by atoms with Gasteiger partial charge in [0.15, 0.2) is 0 Å². The van der Waals surface area contributed by atoms with Crippen LogP contribution in [0.4, 0.5) is 5.82 Å². The third kappa shape index (κ3) is 6.42. The van der Waals surface area contributed by atoms with Crippen molar-refractivity contribution in [3.05, 3.63) is 88.3 Å².